The molecule has 2 atom stereocenters. The lowest BCUT2D eigenvalue weighted by atomic mass is 9.95. The fourth-order valence-corrected chi connectivity index (χ4v) is 5.88. The molecule has 2 aliphatic rings. The number of carbonyl (C=O) groups excluding carboxylic acids is 1. The Balaban J connectivity index is 1.46. The van der Waals surface area contributed by atoms with E-state index in [1.807, 2.05) is 43.9 Å². The Hall–Kier alpha value is -1.77. The van der Waals surface area contributed by atoms with Crippen LogP contribution in [0.5, 0.6) is 5.75 Å². The zero-order valence-corrected chi connectivity index (χ0v) is 21.2. The fourth-order valence-electron chi connectivity index (χ4n) is 4.73. The number of ether oxygens (including phenoxy) is 2. The number of morpholine rings is 1. The summed E-state index contributed by atoms with van der Waals surface area (Å²) >= 11 is 7.55. The molecule has 0 spiro atoms. The van der Waals surface area contributed by atoms with Crippen molar-refractivity contribution in [3.8, 4) is 5.75 Å². The number of carbonyl (C=O) groups is 1. The summed E-state index contributed by atoms with van der Waals surface area (Å²) in [5.41, 5.74) is 0.986. The molecule has 1 aliphatic carbocycles. The monoisotopic (exact) mass is 492 g/mol. The SMILES string of the molecule is Cc1cc(Cl)ccc1OCc1nnc(SCC(=O)N2C[C@H](C)O[C@@H](C)C2)n1C1CCCCC1. The van der Waals surface area contributed by atoms with E-state index >= 15 is 0 Å². The van der Waals surface area contributed by atoms with Gasteiger partial charge in [0.05, 0.1) is 18.0 Å². The van der Waals surface area contributed by atoms with Crippen LogP contribution in [0.4, 0.5) is 0 Å². The van der Waals surface area contributed by atoms with Gasteiger partial charge in [0, 0.05) is 24.2 Å². The van der Waals surface area contributed by atoms with Gasteiger partial charge in [-0.05, 0) is 57.4 Å². The number of hydrogen-bond acceptors (Lipinski definition) is 6. The molecule has 0 bridgehead atoms. The Morgan fingerprint density at radius 2 is 1.91 bits per heavy atom. The van der Waals surface area contributed by atoms with Gasteiger partial charge in [-0.2, -0.15) is 0 Å². The molecule has 2 fully saturated rings. The summed E-state index contributed by atoms with van der Waals surface area (Å²) in [6.45, 7) is 7.61. The van der Waals surface area contributed by atoms with Crippen LogP contribution >= 0.6 is 23.4 Å². The normalized spacial score (nSPS) is 21.9. The van der Waals surface area contributed by atoms with Gasteiger partial charge in [-0.25, -0.2) is 0 Å². The lowest BCUT2D eigenvalue weighted by molar-refractivity contribution is -0.140. The predicted octanol–water partition coefficient (Wildman–Crippen LogP) is 5.05. The van der Waals surface area contributed by atoms with Crippen LogP contribution in [0.3, 0.4) is 0 Å². The summed E-state index contributed by atoms with van der Waals surface area (Å²) in [7, 11) is 0. The third-order valence-corrected chi connectivity index (χ3v) is 7.43. The van der Waals surface area contributed by atoms with Crippen LogP contribution in [0.25, 0.3) is 0 Å². The Labute approximate surface area is 205 Å². The minimum Gasteiger partial charge on any atom is -0.485 e. The molecule has 1 amide bonds. The molecule has 180 valence electrons. The van der Waals surface area contributed by atoms with E-state index in [4.69, 9.17) is 21.1 Å². The average molecular weight is 493 g/mol. The summed E-state index contributed by atoms with van der Waals surface area (Å²) in [6.07, 6.45) is 6.00. The number of amides is 1. The highest BCUT2D eigenvalue weighted by Gasteiger charge is 2.28. The highest BCUT2D eigenvalue weighted by Crippen LogP contribution is 2.33. The van der Waals surface area contributed by atoms with Gasteiger partial charge in [0.25, 0.3) is 0 Å². The number of nitrogens with zero attached hydrogens (tertiary/aromatic N) is 4. The minimum absolute atomic E-state index is 0.0636. The Morgan fingerprint density at radius 1 is 1.18 bits per heavy atom. The van der Waals surface area contributed by atoms with E-state index in [0.717, 1.165) is 35.1 Å². The number of benzene rings is 1. The van der Waals surface area contributed by atoms with Crippen LogP contribution in [0.15, 0.2) is 23.4 Å². The van der Waals surface area contributed by atoms with E-state index in [0.29, 0.717) is 36.5 Å². The highest BCUT2D eigenvalue weighted by molar-refractivity contribution is 7.99. The van der Waals surface area contributed by atoms with Crippen molar-refractivity contribution < 1.29 is 14.3 Å². The highest BCUT2D eigenvalue weighted by atomic mass is 35.5. The standard InChI is InChI=1S/C24H33ClN4O3S/c1-16-11-19(25)9-10-21(16)31-14-22-26-27-24(29(22)20-7-5-4-6-8-20)33-15-23(30)28-12-17(2)32-18(3)13-28/h9-11,17-18,20H,4-8,12-15H2,1-3H3/t17-,18-/m0/s1. The number of halogens is 1. The van der Waals surface area contributed by atoms with E-state index in [1.165, 1.54) is 31.0 Å². The van der Waals surface area contributed by atoms with Crippen molar-refractivity contribution in [3.05, 3.63) is 34.6 Å². The first-order chi connectivity index (χ1) is 15.9. The van der Waals surface area contributed by atoms with Crippen LogP contribution in [0.1, 0.15) is 63.4 Å². The molecule has 33 heavy (non-hydrogen) atoms. The van der Waals surface area contributed by atoms with Gasteiger partial charge in [0.1, 0.15) is 12.4 Å². The lowest BCUT2D eigenvalue weighted by Crippen LogP contribution is -2.48. The maximum atomic E-state index is 12.9. The first kappa shape index (κ1) is 24.4. The smallest absolute Gasteiger partial charge is 0.233 e. The van der Waals surface area contributed by atoms with Gasteiger partial charge in [0.2, 0.25) is 5.91 Å². The van der Waals surface area contributed by atoms with Gasteiger partial charge < -0.3 is 14.4 Å². The summed E-state index contributed by atoms with van der Waals surface area (Å²) in [5.74, 6) is 2.06. The molecule has 1 aliphatic heterocycles. The van der Waals surface area contributed by atoms with Crippen molar-refractivity contribution in [2.75, 3.05) is 18.8 Å². The second-order valence-electron chi connectivity index (χ2n) is 9.10. The summed E-state index contributed by atoms with van der Waals surface area (Å²) in [5, 5.41) is 10.4. The summed E-state index contributed by atoms with van der Waals surface area (Å²) in [4.78, 5) is 14.8. The number of aryl methyl sites for hydroxylation is 1. The van der Waals surface area contributed by atoms with Crippen LogP contribution in [0, 0.1) is 6.92 Å². The van der Waals surface area contributed by atoms with Crippen molar-refractivity contribution in [1.82, 2.24) is 19.7 Å². The molecule has 1 aromatic carbocycles. The van der Waals surface area contributed by atoms with Gasteiger partial charge in [-0.3, -0.25) is 9.36 Å². The van der Waals surface area contributed by atoms with Crippen molar-refractivity contribution >= 4 is 29.3 Å². The van der Waals surface area contributed by atoms with Crippen LogP contribution in [0.2, 0.25) is 5.02 Å². The van der Waals surface area contributed by atoms with Crippen LogP contribution in [-0.2, 0) is 16.1 Å². The van der Waals surface area contributed by atoms with Gasteiger partial charge >= 0.3 is 0 Å². The first-order valence-corrected chi connectivity index (χ1v) is 13.2. The van der Waals surface area contributed by atoms with Crippen molar-refractivity contribution in [2.24, 2.45) is 0 Å². The summed E-state index contributed by atoms with van der Waals surface area (Å²) in [6, 6.07) is 5.95. The zero-order valence-electron chi connectivity index (χ0n) is 19.6. The van der Waals surface area contributed by atoms with E-state index in [9.17, 15) is 4.79 Å². The van der Waals surface area contributed by atoms with Gasteiger partial charge in [0.15, 0.2) is 11.0 Å². The molecule has 2 heterocycles. The second kappa shape index (κ2) is 11.1. The molecule has 9 heteroatoms. The Morgan fingerprint density at radius 3 is 2.61 bits per heavy atom. The van der Waals surface area contributed by atoms with Crippen molar-refractivity contribution in [1.29, 1.82) is 0 Å². The van der Waals surface area contributed by atoms with Crippen molar-refractivity contribution in [3.63, 3.8) is 0 Å². The Bertz CT molecular complexity index is 953. The fraction of sp³-hybridized carbons (Fsp3) is 0.625. The van der Waals surface area contributed by atoms with Crippen LogP contribution in [-0.4, -0.2) is 56.6 Å². The molecule has 1 aromatic heterocycles. The third-order valence-electron chi connectivity index (χ3n) is 6.27. The van der Waals surface area contributed by atoms with Gasteiger partial charge in [-0.1, -0.05) is 42.6 Å². The lowest BCUT2D eigenvalue weighted by Gasteiger charge is -2.35. The third kappa shape index (κ3) is 6.22. The largest absolute Gasteiger partial charge is 0.485 e. The molecule has 7 nitrogen and oxygen atoms in total. The molecule has 2 aromatic rings. The van der Waals surface area contributed by atoms with E-state index in [-0.39, 0.29) is 18.1 Å². The minimum atomic E-state index is 0.0636. The predicted molar refractivity (Wildman–Crippen MR) is 130 cm³/mol. The number of rotatable bonds is 7. The summed E-state index contributed by atoms with van der Waals surface area (Å²) < 4.78 is 14.1. The molecular formula is C24H33ClN4O3S. The van der Waals surface area contributed by atoms with E-state index in [1.54, 1.807) is 0 Å². The first-order valence-electron chi connectivity index (χ1n) is 11.8. The molecule has 1 saturated heterocycles. The van der Waals surface area contributed by atoms with Gasteiger partial charge in [-0.15, -0.1) is 10.2 Å². The van der Waals surface area contributed by atoms with Crippen LogP contribution < -0.4 is 4.74 Å². The second-order valence-corrected chi connectivity index (χ2v) is 10.5. The number of aromatic nitrogens is 3. The van der Waals surface area contributed by atoms with Crippen molar-refractivity contribution in [2.45, 2.75) is 82.9 Å². The number of hydrogen-bond donors (Lipinski definition) is 0. The maximum Gasteiger partial charge on any atom is 0.233 e. The molecule has 0 N–H and O–H groups in total. The Kier molecular flexibility index (Phi) is 8.20. The molecule has 1 saturated carbocycles. The quantitative estimate of drug-likeness (QED) is 0.503. The van der Waals surface area contributed by atoms with E-state index in [2.05, 4.69) is 14.8 Å². The number of thioether (sulfide) groups is 1. The molecule has 4 rings (SSSR count). The maximum absolute atomic E-state index is 12.9. The average Bonchev–Trinajstić information content (AvgIpc) is 3.19. The zero-order chi connectivity index (χ0) is 23.4. The topological polar surface area (TPSA) is 69.5 Å². The van der Waals surface area contributed by atoms with E-state index < -0.39 is 0 Å². The molecule has 0 radical (unpaired) electrons. The molecular weight excluding hydrogens is 460 g/mol. The molecule has 0 unspecified atom stereocenters.